The van der Waals surface area contributed by atoms with E-state index in [4.69, 9.17) is 0 Å². The normalized spacial score (nSPS) is 12.2. The van der Waals surface area contributed by atoms with Gasteiger partial charge in [-0.05, 0) is 30.5 Å². The zero-order valence-corrected chi connectivity index (χ0v) is 12.7. The van der Waals surface area contributed by atoms with Crippen LogP contribution in [0.5, 0.6) is 0 Å². The van der Waals surface area contributed by atoms with Crippen molar-refractivity contribution in [1.29, 1.82) is 0 Å². The van der Waals surface area contributed by atoms with Gasteiger partial charge in [-0.3, -0.25) is 4.79 Å². The van der Waals surface area contributed by atoms with E-state index in [0.29, 0.717) is 5.56 Å². The molecule has 2 aromatic rings. The predicted molar refractivity (Wildman–Crippen MR) is 83.3 cm³/mol. The van der Waals surface area contributed by atoms with Crippen LogP contribution < -0.4 is 0 Å². The van der Waals surface area contributed by atoms with Crippen LogP contribution in [0.2, 0.25) is 0 Å². The molecule has 0 bridgehead atoms. The number of benzene rings is 1. The average molecular weight is 291 g/mol. The van der Waals surface area contributed by atoms with Gasteiger partial charge in [-0.15, -0.1) is 24.0 Å². The third-order valence-corrected chi connectivity index (χ3v) is 4.48. The molecular formula is C15H17NOS2. The Morgan fingerprint density at radius 1 is 1.32 bits per heavy atom. The van der Waals surface area contributed by atoms with Crippen molar-refractivity contribution in [2.45, 2.75) is 24.3 Å². The summed E-state index contributed by atoms with van der Waals surface area (Å²) < 4.78 is 0. The lowest BCUT2D eigenvalue weighted by Crippen LogP contribution is -2.36. The third kappa shape index (κ3) is 3.39. The highest BCUT2D eigenvalue weighted by Gasteiger charge is 2.19. The van der Waals surface area contributed by atoms with Crippen LogP contribution in [0.15, 0.2) is 46.7 Å². The molecule has 1 amide bonds. The quantitative estimate of drug-likeness (QED) is 0.851. The summed E-state index contributed by atoms with van der Waals surface area (Å²) in [6.07, 6.45) is 0.884. The summed E-state index contributed by atoms with van der Waals surface area (Å²) >= 11 is 6.07. The van der Waals surface area contributed by atoms with Crippen molar-refractivity contribution in [1.82, 2.24) is 4.90 Å². The van der Waals surface area contributed by atoms with E-state index in [9.17, 15) is 4.79 Å². The summed E-state index contributed by atoms with van der Waals surface area (Å²) in [6, 6.07) is 11.7. The Kier molecular flexibility index (Phi) is 4.66. The Morgan fingerprint density at radius 3 is 2.68 bits per heavy atom. The van der Waals surface area contributed by atoms with Crippen LogP contribution in [0.4, 0.5) is 0 Å². The van der Waals surface area contributed by atoms with E-state index >= 15 is 0 Å². The Hall–Kier alpha value is -1.26. The number of likely N-dealkylation sites (N-methyl/N-ethyl adjacent to an activating group) is 1. The van der Waals surface area contributed by atoms with Crippen molar-refractivity contribution in [2.75, 3.05) is 7.05 Å². The molecule has 19 heavy (non-hydrogen) atoms. The number of carbonyl (C=O) groups is 1. The number of hydrogen-bond acceptors (Lipinski definition) is 3. The molecule has 1 unspecified atom stereocenters. The van der Waals surface area contributed by atoms with Gasteiger partial charge in [0, 0.05) is 29.3 Å². The minimum absolute atomic E-state index is 0.0228. The monoisotopic (exact) mass is 291 g/mol. The van der Waals surface area contributed by atoms with Crippen LogP contribution in [0, 0.1) is 0 Å². The molecule has 0 aliphatic heterocycles. The highest BCUT2D eigenvalue weighted by molar-refractivity contribution is 7.80. The number of thiophene rings is 1. The molecule has 0 aliphatic rings. The molecule has 1 atom stereocenters. The molecule has 0 fully saturated rings. The average Bonchev–Trinajstić information content (AvgIpc) is 2.90. The molecule has 100 valence electrons. The number of nitrogens with zero attached hydrogens (tertiary/aromatic N) is 1. The fourth-order valence-corrected chi connectivity index (χ4v) is 2.98. The molecule has 0 aliphatic carbocycles. The Morgan fingerprint density at radius 2 is 2.05 bits per heavy atom. The van der Waals surface area contributed by atoms with Gasteiger partial charge in [0.2, 0.25) is 0 Å². The number of carbonyl (C=O) groups excluding carboxylic acids is 1. The van der Waals surface area contributed by atoms with Crippen LogP contribution >= 0.6 is 24.0 Å². The minimum atomic E-state index is 0.0228. The van der Waals surface area contributed by atoms with Crippen LogP contribution in [0.1, 0.15) is 22.2 Å². The highest BCUT2D eigenvalue weighted by Crippen LogP contribution is 2.18. The molecule has 0 radical (unpaired) electrons. The molecule has 1 aromatic carbocycles. The summed E-state index contributed by atoms with van der Waals surface area (Å²) in [6.45, 7) is 2.07. The first kappa shape index (κ1) is 14.2. The molecule has 0 saturated heterocycles. The maximum Gasteiger partial charge on any atom is 0.254 e. The molecule has 2 rings (SSSR count). The van der Waals surface area contributed by atoms with Crippen molar-refractivity contribution in [3.8, 4) is 0 Å². The van der Waals surface area contributed by atoms with Crippen LogP contribution in [0.25, 0.3) is 0 Å². The number of amides is 1. The fourth-order valence-electron chi connectivity index (χ4n) is 1.90. The van der Waals surface area contributed by atoms with Gasteiger partial charge in [-0.1, -0.05) is 18.2 Å². The van der Waals surface area contributed by atoms with Gasteiger partial charge >= 0.3 is 0 Å². The van der Waals surface area contributed by atoms with Gasteiger partial charge in [0.15, 0.2) is 0 Å². The lowest BCUT2D eigenvalue weighted by molar-refractivity contribution is 0.0740. The van der Waals surface area contributed by atoms with Crippen LogP contribution in [-0.4, -0.2) is 23.9 Å². The smallest absolute Gasteiger partial charge is 0.254 e. The highest BCUT2D eigenvalue weighted by atomic mass is 32.1. The van der Waals surface area contributed by atoms with E-state index < -0.39 is 0 Å². The zero-order valence-electron chi connectivity index (χ0n) is 11.0. The summed E-state index contributed by atoms with van der Waals surface area (Å²) in [5.74, 6) is 0.0228. The molecule has 0 spiro atoms. The number of thiol groups is 1. The van der Waals surface area contributed by atoms with Crippen molar-refractivity contribution in [2.24, 2.45) is 0 Å². The molecule has 4 heteroatoms. The van der Waals surface area contributed by atoms with Gasteiger partial charge in [0.25, 0.3) is 5.91 Å². The van der Waals surface area contributed by atoms with Crippen molar-refractivity contribution < 1.29 is 4.79 Å². The van der Waals surface area contributed by atoms with E-state index in [2.05, 4.69) is 31.0 Å². The zero-order chi connectivity index (χ0) is 13.8. The lowest BCUT2D eigenvalue weighted by Gasteiger charge is -2.25. The van der Waals surface area contributed by atoms with Crippen molar-refractivity contribution in [3.63, 3.8) is 0 Å². The topological polar surface area (TPSA) is 20.3 Å². The van der Waals surface area contributed by atoms with Crippen molar-refractivity contribution in [3.05, 3.63) is 52.2 Å². The Labute approximate surface area is 123 Å². The van der Waals surface area contributed by atoms with E-state index in [0.717, 1.165) is 11.3 Å². The maximum atomic E-state index is 12.4. The van der Waals surface area contributed by atoms with Crippen molar-refractivity contribution >= 4 is 29.9 Å². The minimum Gasteiger partial charge on any atom is -0.339 e. The summed E-state index contributed by atoms with van der Waals surface area (Å²) in [7, 11) is 1.85. The first-order chi connectivity index (χ1) is 9.09. The molecular weight excluding hydrogens is 274 g/mol. The van der Waals surface area contributed by atoms with Crippen LogP contribution in [-0.2, 0) is 6.42 Å². The van der Waals surface area contributed by atoms with Gasteiger partial charge in [0.05, 0.1) is 5.56 Å². The maximum absolute atomic E-state index is 12.4. The van der Waals surface area contributed by atoms with Gasteiger partial charge < -0.3 is 4.90 Å². The standard InChI is InChI=1S/C15H17NOS2/c1-11(10-12-6-5-9-19-12)16(2)15(17)13-7-3-4-8-14(13)18/h3-9,11,18H,10H2,1-2H3. The largest absolute Gasteiger partial charge is 0.339 e. The molecule has 1 aromatic heterocycles. The summed E-state index contributed by atoms with van der Waals surface area (Å²) in [5, 5.41) is 2.06. The first-order valence-electron chi connectivity index (χ1n) is 6.17. The predicted octanol–water partition coefficient (Wildman–Crippen LogP) is 3.74. The van der Waals surface area contributed by atoms with E-state index in [-0.39, 0.29) is 11.9 Å². The third-order valence-electron chi connectivity index (χ3n) is 3.19. The van der Waals surface area contributed by atoms with Gasteiger partial charge in [-0.2, -0.15) is 0 Å². The number of hydrogen-bond donors (Lipinski definition) is 1. The van der Waals surface area contributed by atoms with Crippen LogP contribution in [0.3, 0.4) is 0 Å². The van der Waals surface area contributed by atoms with E-state index in [1.54, 1.807) is 16.2 Å². The Balaban J connectivity index is 2.09. The molecule has 0 N–H and O–H groups in total. The second-order valence-electron chi connectivity index (χ2n) is 4.57. The van der Waals surface area contributed by atoms with E-state index in [1.165, 1.54) is 4.88 Å². The first-order valence-corrected chi connectivity index (χ1v) is 7.50. The summed E-state index contributed by atoms with van der Waals surface area (Å²) in [4.78, 5) is 16.2. The molecule has 1 heterocycles. The lowest BCUT2D eigenvalue weighted by atomic mass is 10.1. The second kappa shape index (κ2) is 6.26. The Bertz CT molecular complexity index is 551. The summed E-state index contributed by atoms with van der Waals surface area (Å²) in [5.41, 5.74) is 0.659. The fraction of sp³-hybridized carbons (Fsp3) is 0.267. The van der Waals surface area contributed by atoms with Gasteiger partial charge in [-0.25, -0.2) is 0 Å². The van der Waals surface area contributed by atoms with E-state index in [1.807, 2.05) is 37.4 Å². The molecule has 0 saturated carbocycles. The second-order valence-corrected chi connectivity index (χ2v) is 6.08. The molecule has 2 nitrogen and oxygen atoms in total. The van der Waals surface area contributed by atoms with Gasteiger partial charge in [0.1, 0.15) is 0 Å². The number of rotatable bonds is 4. The SMILES string of the molecule is CC(Cc1cccs1)N(C)C(=O)c1ccccc1S.